The molecule has 4 aromatic rings. The average molecular weight is 875 g/mol. The van der Waals surface area contributed by atoms with Gasteiger partial charge in [-0.25, -0.2) is 23.7 Å². The number of phosphoric acid groups is 2. The van der Waals surface area contributed by atoms with E-state index in [0.717, 1.165) is 9.13 Å². The third-order valence-corrected chi connectivity index (χ3v) is 11.8. The molecule has 0 aliphatic carbocycles. The van der Waals surface area contributed by atoms with Crippen molar-refractivity contribution in [3.8, 4) is 0 Å². The molecule has 27 nitrogen and oxygen atoms in total. The largest absolute Gasteiger partial charge is 0.472 e. The lowest BCUT2D eigenvalue weighted by molar-refractivity contribution is -0.0592. The minimum absolute atomic E-state index is 0.0369. The molecule has 0 aromatic carbocycles. The highest BCUT2D eigenvalue weighted by Gasteiger charge is 2.46. The lowest BCUT2D eigenvalue weighted by Gasteiger charge is -2.24. The summed E-state index contributed by atoms with van der Waals surface area (Å²) in [6.07, 6.45) is -7.71. The normalized spacial score (nSPS) is 29.2. The zero-order valence-electron chi connectivity index (χ0n) is 31.0. The van der Waals surface area contributed by atoms with E-state index in [0.29, 0.717) is 0 Å². The maximum Gasteiger partial charge on any atom is 0.472 e. The van der Waals surface area contributed by atoms with E-state index >= 15 is 0 Å². The van der Waals surface area contributed by atoms with E-state index in [9.17, 15) is 48.0 Å². The predicted octanol–water partition coefficient (Wildman–Crippen LogP) is -2.39. The topological polar surface area (TPSA) is 385 Å². The van der Waals surface area contributed by atoms with Gasteiger partial charge in [-0.05, 0) is 13.8 Å². The van der Waals surface area contributed by atoms with Crippen LogP contribution in [0.25, 0.3) is 11.2 Å². The lowest BCUT2D eigenvalue weighted by Crippen LogP contribution is -2.33. The summed E-state index contributed by atoms with van der Waals surface area (Å²) in [4.78, 5) is 97.4. The van der Waals surface area contributed by atoms with E-state index < -0.39 is 112 Å². The van der Waals surface area contributed by atoms with Crippen molar-refractivity contribution in [3.63, 3.8) is 0 Å². The van der Waals surface area contributed by atoms with Gasteiger partial charge in [-0.3, -0.25) is 61.1 Å². The van der Waals surface area contributed by atoms with Crippen LogP contribution in [0.2, 0.25) is 0 Å². The molecule has 7 heterocycles. The molecular formula is C30H40N10O17P2. The maximum absolute atomic E-state index is 13.4. The summed E-state index contributed by atoms with van der Waals surface area (Å²) in [7, 11) is -10.1. The number of aliphatic hydroxyl groups excluding tert-OH is 1. The van der Waals surface area contributed by atoms with Gasteiger partial charge in [-0.15, -0.1) is 0 Å². The number of aromatic amines is 3. The summed E-state index contributed by atoms with van der Waals surface area (Å²) in [5.41, 5.74) is 8.31. The molecule has 0 saturated carbocycles. The Bertz CT molecular complexity index is 2620. The van der Waals surface area contributed by atoms with E-state index in [4.69, 9.17) is 43.8 Å². The molecule has 7 rings (SSSR count). The Kier molecular flexibility index (Phi) is 11.9. The monoisotopic (exact) mass is 874 g/mol. The number of nitrogens with one attached hydrogen (secondary N) is 3. The van der Waals surface area contributed by atoms with Gasteiger partial charge in [0.25, 0.3) is 16.7 Å². The van der Waals surface area contributed by atoms with Crippen LogP contribution >= 0.6 is 15.6 Å². The number of H-pyrrole nitrogens is 3. The van der Waals surface area contributed by atoms with Gasteiger partial charge in [0.05, 0.1) is 31.7 Å². The van der Waals surface area contributed by atoms with Crippen molar-refractivity contribution in [1.29, 1.82) is 0 Å². The number of nitrogen functional groups attached to an aromatic ring is 1. The number of aryl methyl sites for hydroxylation is 2. The average Bonchev–Trinajstić information content (AvgIpc) is 3.94. The van der Waals surface area contributed by atoms with Crippen LogP contribution in [-0.2, 0) is 41.4 Å². The van der Waals surface area contributed by atoms with Gasteiger partial charge in [-0.1, -0.05) is 0 Å². The van der Waals surface area contributed by atoms with Crippen molar-refractivity contribution in [1.82, 2.24) is 38.6 Å². The van der Waals surface area contributed by atoms with Crippen LogP contribution in [0.1, 0.15) is 49.1 Å². The van der Waals surface area contributed by atoms with Gasteiger partial charge in [-0.2, -0.15) is 4.98 Å². The van der Waals surface area contributed by atoms with Crippen molar-refractivity contribution in [2.24, 2.45) is 5.73 Å². The number of rotatable bonds is 14. The number of nitrogens with two attached hydrogens (primary N) is 2. The Morgan fingerprint density at radius 1 is 0.763 bits per heavy atom. The van der Waals surface area contributed by atoms with Crippen molar-refractivity contribution >= 4 is 32.8 Å². The summed E-state index contributed by atoms with van der Waals surface area (Å²) in [6, 6.07) is 0. The molecule has 0 spiro atoms. The molecule has 3 aliphatic heterocycles. The Hall–Kier alpha value is -4.47. The van der Waals surface area contributed by atoms with Gasteiger partial charge in [0.1, 0.15) is 43.1 Å². The second kappa shape index (κ2) is 16.5. The quantitative estimate of drug-likeness (QED) is 0.0612. The molecule has 11 atom stereocenters. The van der Waals surface area contributed by atoms with Crippen molar-refractivity contribution in [3.05, 3.63) is 81.9 Å². The molecular weight excluding hydrogens is 834 g/mol. The van der Waals surface area contributed by atoms with E-state index in [1.165, 1.54) is 37.1 Å². The smallest absolute Gasteiger partial charge is 0.390 e. The number of anilines is 1. The molecule has 2 unspecified atom stereocenters. The first kappa shape index (κ1) is 42.6. The number of phosphoric ester groups is 2. The predicted molar refractivity (Wildman–Crippen MR) is 197 cm³/mol. The zero-order valence-corrected chi connectivity index (χ0v) is 32.8. The molecule has 10 N–H and O–H groups in total. The highest BCUT2D eigenvalue weighted by atomic mass is 31.2. The lowest BCUT2D eigenvalue weighted by atomic mass is 10.2. The van der Waals surface area contributed by atoms with Gasteiger partial charge in [0, 0.05) is 49.3 Å². The van der Waals surface area contributed by atoms with Crippen LogP contribution in [-0.4, -0.2) is 110 Å². The summed E-state index contributed by atoms with van der Waals surface area (Å²) in [5.74, 6) is -0.185. The molecule has 4 aromatic heterocycles. The molecule has 322 valence electrons. The minimum atomic E-state index is -5.10. The second-order valence-corrected chi connectivity index (χ2v) is 16.8. The van der Waals surface area contributed by atoms with Crippen molar-refractivity contribution < 1.29 is 56.3 Å². The number of hydrogen-bond donors (Lipinski definition) is 8. The van der Waals surface area contributed by atoms with E-state index in [2.05, 4.69) is 24.9 Å². The summed E-state index contributed by atoms with van der Waals surface area (Å²) in [5, 5.41) is 10.6. The highest BCUT2D eigenvalue weighted by molar-refractivity contribution is 7.47. The fourth-order valence-corrected chi connectivity index (χ4v) is 8.77. The van der Waals surface area contributed by atoms with E-state index in [1.54, 1.807) is 0 Å². The second-order valence-electron chi connectivity index (χ2n) is 13.9. The number of hydrogen-bond acceptors (Lipinski definition) is 19. The minimum Gasteiger partial charge on any atom is -0.390 e. The first-order valence-corrected chi connectivity index (χ1v) is 20.8. The van der Waals surface area contributed by atoms with Gasteiger partial charge in [0.15, 0.2) is 11.2 Å². The van der Waals surface area contributed by atoms with Crippen molar-refractivity contribution in [2.75, 3.05) is 25.5 Å². The fourth-order valence-electron chi connectivity index (χ4n) is 6.85. The van der Waals surface area contributed by atoms with Gasteiger partial charge in [0.2, 0.25) is 5.95 Å². The third-order valence-electron chi connectivity index (χ3n) is 9.81. The molecule has 3 fully saturated rings. The Morgan fingerprint density at radius 3 is 1.83 bits per heavy atom. The number of aliphatic hydroxyl groups is 1. The molecule has 3 saturated heterocycles. The van der Waals surface area contributed by atoms with Crippen LogP contribution in [0.4, 0.5) is 5.95 Å². The van der Waals surface area contributed by atoms with Crippen LogP contribution < -0.4 is 39.5 Å². The van der Waals surface area contributed by atoms with Crippen molar-refractivity contribution in [2.45, 2.75) is 88.4 Å². The molecule has 29 heteroatoms. The fraction of sp³-hybridized carbons (Fsp3) is 0.567. The molecule has 0 bridgehead atoms. The summed E-state index contributed by atoms with van der Waals surface area (Å²) in [6.45, 7) is 1.15. The Morgan fingerprint density at radius 2 is 1.25 bits per heavy atom. The SMILES string of the molecule is Cc1cn([C@H]2C[C@H](OP(=O)(O)OC[C@H]3O[C@@H](n4cc(C)c(=O)[nH]c4=O)C[C@@H]3O)[C@@H](COP(=O)(O)O[C@H]3C[C@H](n4cnc5c(=O)[nH]c(N)nc54)O[C@@H]3CN)O2)c(=O)[nH]c1=O. The summed E-state index contributed by atoms with van der Waals surface area (Å²) < 4.78 is 68.8. The van der Waals surface area contributed by atoms with E-state index in [1.807, 2.05) is 0 Å². The van der Waals surface area contributed by atoms with Gasteiger partial charge < -0.3 is 40.6 Å². The third kappa shape index (κ3) is 9.17. The molecule has 0 amide bonds. The van der Waals surface area contributed by atoms with Gasteiger partial charge >= 0.3 is 27.0 Å². The number of aromatic nitrogens is 8. The number of nitrogens with zero attached hydrogens (tertiary/aromatic N) is 5. The Balaban J connectivity index is 1.03. The van der Waals surface area contributed by atoms with Crippen LogP contribution in [0.3, 0.4) is 0 Å². The van der Waals surface area contributed by atoms with Crippen LogP contribution in [0.15, 0.2) is 42.7 Å². The number of fused-ring (bicyclic) bond motifs is 1. The molecule has 0 radical (unpaired) electrons. The van der Waals surface area contributed by atoms with Crippen LogP contribution in [0, 0.1) is 13.8 Å². The highest BCUT2D eigenvalue weighted by Crippen LogP contribution is 2.52. The number of ether oxygens (including phenoxy) is 3. The first-order valence-electron chi connectivity index (χ1n) is 17.8. The number of imidazole rings is 1. The Labute approximate surface area is 329 Å². The molecule has 3 aliphatic rings. The molecule has 59 heavy (non-hydrogen) atoms. The van der Waals surface area contributed by atoms with E-state index in [-0.39, 0.29) is 54.0 Å². The van der Waals surface area contributed by atoms with Crippen LogP contribution in [0.5, 0.6) is 0 Å². The maximum atomic E-state index is 13.4. The summed E-state index contributed by atoms with van der Waals surface area (Å²) >= 11 is 0. The first-order chi connectivity index (χ1) is 27.8. The standard InChI is InChI=1S/C30H40N10O17P2/c1-12-7-38(29(45)36-25(12)42)20-3-14(41)18(54-20)9-51-58(47,48)57-16-5-21(39-8-13(2)26(43)37-30(39)46)55-19(16)10-52-59(49,50)56-15-4-22(53-17(15)6-31)40-11-33-23-24(40)34-28(32)35-27(23)44/h7-8,11,14-22,41H,3-6,9-10,31H2,1-2H3,(H,47,48)(H,49,50)(H,36,42,45)(H,37,43,46)(H3,32,34,35,44)/t14-,15-,16-,17+,18+,19+,20+,21+,22+/m0/s1. The zero-order chi connectivity index (χ0) is 42.6.